The van der Waals surface area contributed by atoms with E-state index in [1.165, 1.54) is 6.42 Å². The molecule has 1 amide bonds. The molecule has 5 nitrogen and oxygen atoms in total. The van der Waals surface area contributed by atoms with Gasteiger partial charge in [-0.05, 0) is 62.3 Å². The zero-order chi connectivity index (χ0) is 17.6. The van der Waals surface area contributed by atoms with E-state index < -0.39 is 0 Å². The fourth-order valence-electron chi connectivity index (χ4n) is 3.11. The van der Waals surface area contributed by atoms with Gasteiger partial charge in [-0.15, -0.1) is 0 Å². The molecule has 0 radical (unpaired) electrons. The third-order valence-corrected chi connectivity index (χ3v) is 4.98. The summed E-state index contributed by atoms with van der Waals surface area (Å²) in [7, 11) is 0. The number of hydrogen-bond donors (Lipinski definition) is 1. The summed E-state index contributed by atoms with van der Waals surface area (Å²) in [5.41, 5.74) is 0.450. The van der Waals surface area contributed by atoms with Crippen molar-refractivity contribution in [3.63, 3.8) is 0 Å². The molecule has 0 spiro atoms. The van der Waals surface area contributed by atoms with E-state index in [1.54, 1.807) is 18.3 Å². The average molecular weight is 404 g/mol. The molecule has 2 heterocycles. The van der Waals surface area contributed by atoms with Gasteiger partial charge in [0.05, 0.1) is 0 Å². The van der Waals surface area contributed by atoms with Crippen LogP contribution in [-0.4, -0.2) is 41.5 Å². The van der Waals surface area contributed by atoms with Gasteiger partial charge in [-0.2, -0.15) is 0 Å². The van der Waals surface area contributed by atoms with Crippen LogP contribution < -0.4 is 10.1 Å². The Bertz CT molecular complexity index is 721. The van der Waals surface area contributed by atoms with Gasteiger partial charge in [0.2, 0.25) is 5.88 Å². The van der Waals surface area contributed by atoms with Crippen LogP contribution >= 0.6 is 15.9 Å². The molecule has 1 fully saturated rings. The Morgan fingerprint density at radius 2 is 2.16 bits per heavy atom. The molecule has 1 saturated heterocycles. The number of benzene rings is 1. The van der Waals surface area contributed by atoms with Gasteiger partial charge in [0.25, 0.3) is 5.91 Å². The van der Waals surface area contributed by atoms with Crippen molar-refractivity contribution in [2.75, 3.05) is 19.6 Å². The van der Waals surface area contributed by atoms with E-state index in [9.17, 15) is 4.79 Å². The number of pyridine rings is 1. The maximum atomic E-state index is 12.6. The molecule has 1 N–H and O–H groups in total. The predicted octanol–water partition coefficient (Wildman–Crippen LogP) is 3.85. The van der Waals surface area contributed by atoms with Crippen LogP contribution in [0.1, 0.15) is 30.1 Å². The second-order valence-electron chi connectivity index (χ2n) is 6.05. The van der Waals surface area contributed by atoms with Gasteiger partial charge in [-0.1, -0.05) is 22.9 Å². The molecule has 25 heavy (non-hydrogen) atoms. The van der Waals surface area contributed by atoms with Gasteiger partial charge in [-0.3, -0.25) is 9.69 Å². The summed E-state index contributed by atoms with van der Waals surface area (Å²) >= 11 is 3.39. The smallest absolute Gasteiger partial charge is 0.256 e. The number of amides is 1. The third-order valence-electron chi connectivity index (χ3n) is 4.45. The number of likely N-dealkylation sites (tertiary alicyclic amines) is 1. The van der Waals surface area contributed by atoms with Gasteiger partial charge in [0.1, 0.15) is 11.3 Å². The summed E-state index contributed by atoms with van der Waals surface area (Å²) in [6.07, 6.45) is 3.95. The molecule has 1 unspecified atom stereocenters. The summed E-state index contributed by atoms with van der Waals surface area (Å²) in [5, 5.41) is 3.03. The first-order chi connectivity index (χ1) is 12.2. The summed E-state index contributed by atoms with van der Waals surface area (Å²) in [4.78, 5) is 19.2. The van der Waals surface area contributed by atoms with Crippen molar-refractivity contribution in [1.29, 1.82) is 0 Å². The number of aromatic nitrogens is 1. The number of carbonyl (C=O) groups excluding carboxylic acids is 1. The number of ether oxygens (including phenoxy) is 1. The number of rotatable bonds is 6. The second-order valence-corrected chi connectivity index (χ2v) is 6.96. The largest absolute Gasteiger partial charge is 0.438 e. The maximum absolute atomic E-state index is 12.6. The van der Waals surface area contributed by atoms with E-state index >= 15 is 0 Å². The number of nitrogens with zero attached hydrogens (tertiary/aromatic N) is 2. The highest BCUT2D eigenvalue weighted by atomic mass is 79.9. The number of carbonyl (C=O) groups is 1. The molecule has 1 aromatic carbocycles. The highest BCUT2D eigenvalue weighted by Crippen LogP contribution is 2.24. The molecule has 2 aromatic rings. The Hall–Kier alpha value is -1.92. The van der Waals surface area contributed by atoms with Crippen molar-refractivity contribution in [1.82, 2.24) is 15.2 Å². The van der Waals surface area contributed by atoms with Crippen LogP contribution in [0.15, 0.2) is 47.1 Å². The molecule has 0 bridgehead atoms. The molecular formula is C19H22BrN3O2. The fraction of sp³-hybridized carbons (Fsp3) is 0.368. The summed E-state index contributed by atoms with van der Waals surface area (Å²) in [6.45, 7) is 4.94. The molecule has 1 aromatic heterocycles. The summed E-state index contributed by atoms with van der Waals surface area (Å²) < 4.78 is 6.76. The molecule has 6 heteroatoms. The maximum Gasteiger partial charge on any atom is 0.256 e. The van der Waals surface area contributed by atoms with Gasteiger partial charge >= 0.3 is 0 Å². The topological polar surface area (TPSA) is 54.5 Å². The molecule has 3 rings (SSSR count). The first-order valence-corrected chi connectivity index (χ1v) is 9.37. The number of nitrogens with one attached hydrogen (secondary N) is 1. The minimum Gasteiger partial charge on any atom is -0.438 e. The Labute approximate surface area is 156 Å². The minimum atomic E-state index is -0.150. The van der Waals surface area contributed by atoms with Crippen molar-refractivity contribution in [3.8, 4) is 11.6 Å². The van der Waals surface area contributed by atoms with Crippen LogP contribution in [-0.2, 0) is 0 Å². The van der Waals surface area contributed by atoms with Crippen LogP contribution in [0.25, 0.3) is 0 Å². The van der Waals surface area contributed by atoms with E-state index in [0.29, 0.717) is 29.8 Å². The zero-order valence-electron chi connectivity index (χ0n) is 14.2. The molecule has 132 valence electrons. The molecule has 1 aliphatic rings. The van der Waals surface area contributed by atoms with E-state index in [2.05, 4.69) is 38.1 Å². The highest BCUT2D eigenvalue weighted by molar-refractivity contribution is 9.10. The monoisotopic (exact) mass is 403 g/mol. The lowest BCUT2D eigenvalue weighted by Crippen LogP contribution is -2.40. The zero-order valence-corrected chi connectivity index (χ0v) is 15.8. The van der Waals surface area contributed by atoms with Gasteiger partial charge in [0.15, 0.2) is 0 Å². The van der Waals surface area contributed by atoms with Crippen LogP contribution in [0.5, 0.6) is 11.6 Å². The summed E-state index contributed by atoms with van der Waals surface area (Å²) in [6, 6.07) is 11.3. The first-order valence-electron chi connectivity index (χ1n) is 8.58. The van der Waals surface area contributed by atoms with Crippen LogP contribution in [0.2, 0.25) is 0 Å². The van der Waals surface area contributed by atoms with Crippen molar-refractivity contribution >= 4 is 21.8 Å². The Morgan fingerprint density at radius 3 is 2.92 bits per heavy atom. The van der Waals surface area contributed by atoms with E-state index in [1.807, 2.05) is 24.3 Å². The van der Waals surface area contributed by atoms with E-state index in [4.69, 9.17) is 4.74 Å². The van der Waals surface area contributed by atoms with Gasteiger partial charge < -0.3 is 10.1 Å². The van der Waals surface area contributed by atoms with Gasteiger partial charge in [-0.25, -0.2) is 4.98 Å². The molecular weight excluding hydrogens is 382 g/mol. The lowest BCUT2D eigenvalue weighted by Gasteiger charge is -2.23. The van der Waals surface area contributed by atoms with Crippen molar-refractivity contribution in [2.45, 2.75) is 25.8 Å². The molecule has 1 aliphatic heterocycles. The SMILES string of the molecule is CCN1CCCC1CNC(=O)c1cccnc1Oc1ccc(Br)cc1. The van der Waals surface area contributed by atoms with Crippen LogP contribution in [0.4, 0.5) is 0 Å². The minimum absolute atomic E-state index is 0.150. The lowest BCUT2D eigenvalue weighted by molar-refractivity contribution is 0.0938. The fourth-order valence-corrected chi connectivity index (χ4v) is 3.37. The van der Waals surface area contributed by atoms with Crippen molar-refractivity contribution < 1.29 is 9.53 Å². The molecule has 0 saturated carbocycles. The van der Waals surface area contributed by atoms with Crippen molar-refractivity contribution in [2.24, 2.45) is 0 Å². The standard InChI is InChI=1S/C19H22BrN3O2/c1-2-23-12-4-5-15(23)13-22-18(24)17-6-3-11-21-19(17)25-16-9-7-14(20)8-10-16/h3,6-11,15H,2,4-5,12-13H2,1H3,(H,22,24). The molecule has 1 atom stereocenters. The van der Waals surface area contributed by atoms with Crippen LogP contribution in [0, 0.1) is 0 Å². The van der Waals surface area contributed by atoms with E-state index in [0.717, 1.165) is 24.0 Å². The van der Waals surface area contributed by atoms with Crippen molar-refractivity contribution in [3.05, 3.63) is 52.6 Å². The Balaban J connectivity index is 1.67. The van der Waals surface area contributed by atoms with Gasteiger partial charge in [0, 0.05) is 23.3 Å². The Kier molecular flexibility index (Phi) is 6.04. The Morgan fingerprint density at radius 1 is 1.36 bits per heavy atom. The average Bonchev–Trinajstić information content (AvgIpc) is 3.09. The number of likely N-dealkylation sites (N-methyl/N-ethyl adjacent to an activating group) is 1. The number of hydrogen-bond acceptors (Lipinski definition) is 4. The van der Waals surface area contributed by atoms with E-state index in [-0.39, 0.29) is 5.91 Å². The number of halogens is 1. The van der Waals surface area contributed by atoms with Crippen LogP contribution in [0.3, 0.4) is 0 Å². The molecule has 0 aliphatic carbocycles. The quantitative estimate of drug-likeness (QED) is 0.795. The lowest BCUT2D eigenvalue weighted by atomic mass is 10.2. The third kappa shape index (κ3) is 4.58. The predicted molar refractivity (Wildman–Crippen MR) is 101 cm³/mol. The second kappa shape index (κ2) is 8.45. The highest BCUT2D eigenvalue weighted by Gasteiger charge is 2.24. The normalized spacial score (nSPS) is 17.4. The summed E-state index contributed by atoms with van der Waals surface area (Å²) in [5.74, 6) is 0.813. The first kappa shape index (κ1) is 17.9.